The van der Waals surface area contributed by atoms with Gasteiger partial charge in [0.05, 0.1) is 0 Å². The minimum Gasteiger partial charge on any atom is -0.339 e. The Balaban J connectivity index is 0.00000196. The van der Waals surface area contributed by atoms with Gasteiger partial charge >= 0.3 is 0 Å². The molecule has 2 bridgehead atoms. The van der Waals surface area contributed by atoms with E-state index in [0.29, 0.717) is 50.6 Å². The van der Waals surface area contributed by atoms with Gasteiger partial charge in [-0.1, -0.05) is 18.2 Å². The van der Waals surface area contributed by atoms with Gasteiger partial charge in [0.2, 0.25) is 5.91 Å². The smallest absolute Gasteiger partial charge is 0.253 e. The van der Waals surface area contributed by atoms with Crippen molar-refractivity contribution < 1.29 is 9.59 Å². The van der Waals surface area contributed by atoms with Crippen molar-refractivity contribution in [2.24, 2.45) is 5.92 Å². The van der Waals surface area contributed by atoms with E-state index in [1.165, 1.54) is 12.8 Å². The summed E-state index contributed by atoms with van der Waals surface area (Å²) in [5, 5.41) is 3.64. The third-order valence-corrected chi connectivity index (χ3v) is 5.97. The Morgan fingerprint density at radius 3 is 2.12 bits per heavy atom. The normalized spacial score (nSPS) is 27.8. The van der Waals surface area contributed by atoms with Crippen LogP contribution >= 0.6 is 12.4 Å². The van der Waals surface area contributed by atoms with E-state index in [2.05, 4.69) is 5.32 Å². The van der Waals surface area contributed by atoms with E-state index in [-0.39, 0.29) is 24.2 Å². The predicted molar refractivity (Wildman–Crippen MR) is 103 cm³/mol. The van der Waals surface area contributed by atoms with Crippen LogP contribution in [0.4, 0.5) is 0 Å². The highest BCUT2D eigenvalue weighted by Crippen LogP contribution is 2.33. The molecule has 0 aromatic heterocycles. The minimum absolute atomic E-state index is 0. The first-order valence-corrected chi connectivity index (χ1v) is 9.57. The van der Waals surface area contributed by atoms with Gasteiger partial charge in [-0.05, 0) is 43.7 Å². The zero-order valence-corrected chi connectivity index (χ0v) is 15.9. The summed E-state index contributed by atoms with van der Waals surface area (Å²) >= 11 is 0. The van der Waals surface area contributed by atoms with Gasteiger partial charge in [0, 0.05) is 50.2 Å². The quantitative estimate of drug-likeness (QED) is 0.879. The molecule has 0 radical (unpaired) electrons. The summed E-state index contributed by atoms with van der Waals surface area (Å²) in [5.41, 5.74) is 0.729. The number of halogens is 1. The topological polar surface area (TPSA) is 52.7 Å². The van der Waals surface area contributed by atoms with Crippen LogP contribution < -0.4 is 5.32 Å². The third kappa shape index (κ3) is 4.21. The summed E-state index contributed by atoms with van der Waals surface area (Å²) in [6.45, 7) is 2.60. The molecule has 0 aliphatic carbocycles. The lowest BCUT2D eigenvalue weighted by Crippen LogP contribution is -2.51. The minimum atomic E-state index is 0. The summed E-state index contributed by atoms with van der Waals surface area (Å²) in [7, 11) is 0. The molecule has 2 amide bonds. The lowest BCUT2D eigenvalue weighted by molar-refractivity contribution is -0.134. The lowest BCUT2D eigenvalue weighted by atomic mass is 9.89. The number of piperazine rings is 1. The molecule has 1 aromatic carbocycles. The number of hydrogen-bond acceptors (Lipinski definition) is 3. The van der Waals surface area contributed by atoms with Gasteiger partial charge in [0.15, 0.2) is 0 Å². The summed E-state index contributed by atoms with van der Waals surface area (Å²) in [6.07, 6.45) is 5.52. The van der Waals surface area contributed by atoms with Crippen molar-refractivity contribution in [2.75, 3.05) is 26.2 Å². The van der Waals surface area contributed by atoms with Crippen molar-refractivity contribution in [3.8, 4) is 0 Å². The van der Waals surface area contributed by atoms with Crippen molar-refractivity contribution >= 4 is 24.2 Å². The number of hydrogen-bond donors (Lipinski definition) is 1. The maximum absolute atomic E-state index is 12.6. The van der Waals surface area contributed by atoms with E-state index in [9.17, 15) is 9.59 Å². The van der Waals surface area contributed by atoms with Crippen LogP contribution in [0.1, 0.15) is 42.5 Å². The third-order valence-electron chi connectivity index (χ3n) is 5.97. The zero-order chi connectivity index (χ0) is 17.2. The van der Waals surface area contributed by atoms with Gasteiger partial charge in [0.1, 0.15) is 0 Å². The number of fused-ring (bicyclic) bond motifs is 2. The van der Waals surface area contributed by atoms with E-state index in [4.69, 9.17) is 0 Å². The van der Waals surface area contributed by atoms with E-state index in [0.717, 1.165) is 18.4 Å². The fraction of sp³-hybridized carbons (Fsp3) is 0.600. The van der Waals surface area contributed by atoms with Crippen molar-refractivity contribution in [2.45, 2.75) is 44.2 Å². The number of benzene rings is 1. The van der Waals surface area contributed by atoms with Crippen molar-refractivity contribution in [1.82, 2.24) is 15.1 Å². The second-order valence-corrected chi connectivity index (χ2v) is 7.72. The SMILES string of the molecule is Cl.O=C(CC1CC2CCC(C1)N2)N1CCN(C(=O)c2ccccc2)CC1. The highest BCUT2D eigenvalue weighted by atomic mass is 35.5. The maximum Gasteiger partial charge on any atom is 0.253 e. The number of piperidine rings is 1. The van der Waals surface area contributed by atoms with Gasteiger partial charge in [-0.15, -0.1) is 12.4 Å². The molecular formula is C20H28ClN3O2. The molecule has 2 unspecified atom stereocenters. The fourth-order valence-corrected chi connectivity index (χ4v) is 4.64. The van der Waals surface area contributed by atoms with Crippen LogP contribution in [0.15, 0.2) is 30.3 Å². The number of rotatable bonds is 3. The molecular weight excluding hydrogens is 350 g/mol. The van der Waals surface area contributed by atoms with Crippen molar-refractivity contribution in [3.63, 3.8) is 0 Å². The first-order chi connectivity index (χ1) is 12.2. The molecule has 3 saturated heterocycles. The second-order valence-electron chi connectivity index (χ2n) is 7.72. The number of carbonyl (C=O) groups excluding carboxylic acids is 2. The number of amides is 2. The van der Waals surface area contributed by atoms with Gasteiger partial charge in [-0.3, -0.25) is 9.59 Å². The molecule has 2 atom stereocenters. The molecule has 26 heavy (non-hydrogen) atoms. The number of nitrogens with zero attached hydrogens (tertiary/aromatic N) is 2. The molecule has 3 heterocycles. The predicted octanol–water partition coefficient (Wildman–Crippen LogP) is 2.31. The molecule has 0 saturated carbocycles. The van der Waals surface area contributed by atoms with Crippen LogP contribution in [0.25, 0.3) is 0 Å². The molecule has 3 aliphatic rings. The Morgan fingerprint density at radius 2 is 1.50 bits per heavy atom. The lowest BCUT2D eigenvalue weighted by Gasteiger charge is -2.36. The largest absolute Gasteiger partial charge is 0.339 e. The van der Waals surface area contributed by atoms with Crippen molar-refractivity contribution in [3.05, 3.63) is 35.9 Å². The Labute approximate surface area is 161 Å². The molecule has 6 heteroatoms. The second kappa shape index (κ2) is 8.40. The molecule has 1 N–H and O–H groups in total. The van der Waals surface area contributed by atoms with Crippen LogP contribution in [0, 0.1) is 5.92 Å². The highest BCUT2D eigenvalue weighted by molar-refractivity contribution is 5.94. The average molecular weight is 378 g/mol. The van der Waals surface area contributed by atoms with E-state index < -0.39 is 0 Å². The van der Waals surface area contributed by atoms with Crippen LogP contribution in [0.3, 0.4) is 0 Å². The molecule has 1 aromatic rings. The van der Waals surface area contributed by atoms with Crippen LogP contribution in [-0.2, 0) is 4.79 Å². The molecule has 3 aliphatic heterocycles. The van der Waals surface area contributed by atoms with E-state index in [1.807, 2.05) is 40.1 Å². The van der Waals surface area contributed by atoms with Gasteiger partial charge in [-0.2, -0.15) is 0 Å². The molecule has 4 rings (SSSR count). The average Bonchev–Trinajstić information content (AvgIpc) is 3.00. The summed E-state index contributed by atoms with van der Waals surface area (Å²) in [5.74, 6) is 0.885. The Hall–Kier alpha value is -1.59. The van der Waals surface area contributed by atoms with Crippen molar-refractivity contribution in [1.29, 1.82) is 0 Å². The van der Waals surface area contributed by atoms with Crippen LogP contribution in [-0.4, -0.2) is 59.9 Å². The standard InChI is InChI=1S/C20H27N3O2.ClH/c24-19(14-15-12-17-6-7-18(13-15)21-17)22-8-10-23(11-9-22)20(25)16-4-2-1-3-5-16;/h1-5,15,17-18,21H,6-14H2;1H. The van der Waals surface area contributed by atoms with Gasteiger partial charge < -0.3 is 15.1 Å². The monoisotopic (exact) mass is 377 g/mol. The number of carbonyl (C=O) groups is 2. The van der Waals surface area contributed by atoms with E-state index >= 15 is 0 Å². The van der Waals surface area contributed by atoms with Crippen LogP contribution in [0.2, 0.25) is 0 Å². The number of nitrogens with one attached hydrogen (secondary N) is 1. The molecule has 0 spiro atoms. The van der Waals surface area contributed by atoms with Crippen LogP contribution in [0.5, 0.6) is 0 Å². The zero-order valence-electron chi connectivity index (χ0n) is 15.1. The maximum atomic E-state index is 12.6. The summed E-state index contributed by atoms with van der Waals surface area (Å²) < 4.78 is 0. The molecule has 5 nitrogen and oxygen atoms in total. The Kier molecular flexibility index (Phi) is 6.20. The Morgan fingerprint density at radius 1 is 0.923 bits per heavy atom. The summed E-state index contributed by atoms with van der Waals surface area (Å²) in [4.78, 5) is 29.0. The fourth-order valence-electron chi connectivity index (χ4n) is 4.64. The highest BCUT2D eigenvalue weighted by Gasteiger charge is 2.35. The molecule has 142 valence electrons. The van der Waals surface area contributed by atoms with E-state index in [1.54, 1.807) is 0 Å². The van der Waals surface area contributed by atoms with Gasteiger partial charge in [-0.25, -0.2) is 0 Å². The first kappa shape index (κ1) is 19.2. The molecule has 3 fully saturated rings. The summed E-state index contributed by atoms with van der Waals surface area (Å²) in [6, 6.07) is 10.7. The first-order valence-electron chi connectivity index (χ1n) is 9.57. The Bertz CT molecular complexity index is 619. The van der Waals surface area contributed by atoms with Gasteiger partial charge in [0.25, 0.3) is 5.91 Å².